The normalized spacial score (nSPS) is 13.3. The van der Waals surface area contributed by atoms with Crippen molar-refractivity contribution in [1.82, 2.24) is 9.88 Å². The first-order valence-corrected chi connectivity index (χ1v) is 7.67. The van der Waals surface area contributed by atoms with E-state index < -0.39 is 12.1 Å². The number of rotatable bonds is 3. The lowest BCUT2D eigenvalue weighted by molar-refractivity contribution is 0.0600. The van der Waals surface area contributed by atoms with E-state index in [0.29, 0.717) is 25.1 Å². The summed E-state index contributed by atoms with van der Waals surface area (Å²) in [5.74, 6) is -0.410. The Morgan fingerprint density at radius 3 is 2.79 bits per heavy atom. The van der Waals surface area contributed by atoms with Crippen molar-refractivity contribution in [1.29, 1.82) is 0 Å². The summed E-state index contributed by atoms with van der Waals surface area (Å²) < 4.78 is 4.71. The van der Waals surface area contributed by atoms with Gasteiger partial charge < -0.3 is 14.7 Å². The van der Waals surface area contributed by atoms with Gasteiger partial charge in [0.05, 0.1) is 12.7 Å². The molecule has 1 amide bonds. The van der Waals surface area contributed by atoms with Crippen molar-refractivity contribution in [3.63, 3.8) is 0 Å². The fraction of sp³-hybridized carbons (Fsp3) is 0.278. The Hall–Kier alpha value is -2.89. The molecule has 0 aliphatic carbocycles. The second kappa shape index (κ2) is 6.70. The van der Waals surface area contributed by atoms with Crippen LogP contribution in [0.1, 0.15) is 32.6 Å². The second-order valence-electron chi connectivity index (χ2n) is 5.81. The summed E-state index contributed by atoms with van der Waals surface area (Å²) in [5, 5.41) is 9.15. The number of aromatic nitrogens is 1. The fourth-order valence-corrected chi connectivity index (χ4v) is 2.93. The average Bonchev–Trinajstić information content (AvgIpc) is 2.60. The highest BCUT2D eigenvalue weighted by Gasteiger charge is 2.20. The van der Waals surface area contributed by atoms with Crippen molar-refractivity contribution in [2.75, 3.05) is 13.7 Å². The van der Waals surface area contributed by atoms with Crippen LogP contribution < -0.4 is 0 Å². The van der Waals surface area contributed by atoms with Gasteiger partial charge in [-0.2, -0.15) is 0 Å². The zero-order chi connectivity index (χ0) is 17.1. The number of fused-ring (bicyclic) bond motifs is 1. The van der Waals surface area contributed by atoms with E-state index in [1.807, 2.05) is 12.1 Å². The summed E-state index contributed by atoms with van der Waals surface area (Å²) in [5.41, 5.74) is 4.62. The fourth-order valence-electron chi connectivity index (χ4n) is 2.93. The molecule has 0 spiro atoms. The molecule has 0 saturated carbocycles. The third-order valence-electron chi connectivity index (χ3n) is 4.18. The Morgan fingerprint density at radius 2 is 2.04 bits per heavy atom. The van der Waals surface area contributed by atoms with Crippen LogP contribution in [0, 0.1) is 0 Å². The number of methoxy groups -OCH3 is 1. The zero-order valence-electron chi connectivity index (χ0n) is 13.4. The van der Waals surface area contributed by atoms with Crippen LogP contribution in [0.5, 0.6) is 0 Å². The van der Waals surface area contributed by atoms with E-state index in [9.17, 15) is 9.59 Å². The standard InChI is InChI=1S/C18H18N2O4/c1-24-17(21)15-8-13(9-19-10-15)6-12-2-3-14-4-5-20(18(22)23)11-16(14)7-12/h2-3,7-10H,4-6,11H2,1H3,(H,22,23). The molecule has 6 nitrogen and oxygen atoms in total. The van der Waals surface area contributed by atoms with Crippen LogP contribution in [0.2, 0.25) is 0 Å². The highest BCUT2D eigenvalue weighted by Crippen LogP contribution is 2.22. The number of ether oxygens (including phenoxy) is 1. The van der Waals surface area contributed by atoms with Gasteiger partial charge in [0.2, 0.25) is 0 Å². The van der Waals surface area contributed by atoms with E-state index in [4.69, 9.17) is 9.84 Å². The van der Waals surface area contributed by atoms with Gasteiger partial charge in [-0.05, 0) is 41.2 Å². The number of benzene rings is 1. The Kier molecular flexibility index (Phi) is 4.46. The first-order valence-electron chi connectivity index (χ1n) is 7.67. The number of hydrogen-bond acceptors (Lipinski definition) is 4. The number of amides is 1. The highest BCUT2D eigenvalue weighted by molar-refractivity contribution is 5.89. The van der Waals surface area contributed by atoms with Gasteiger partial charge in [-0.25, -0.2) is 9.59 Å². The molecular formula is C18H18N2O4. The quantitative estimate of drug-likeness (QED) is 0.877. The van der Waals surface area contributed by atoms with Crippen LogP contribution in [0.15, 0.2) is 36.7 Å². The van der Waals surface area contributed by atoms with E-state index >= 15 is 0 Å². The molecule has 0 atom stereocenters. The number of esters is 1. The molecule has 2 aromatic rings. The molecule has 0 unspecified atom stereocenters. The number of nitrogens with zero attached hydrogens (tertiary/aromatic N) is 2. The molecule has 2 heterocycles. The summed E-state index contributed by atoms with van der Waals surface area (Å²) >= 11 is 0. The Balaban J connectivity index is 1.81. The van der Waals surface area contributed by atoms with E-state index in [0.717, 1.165) is 23.1 Å². The number of carboxylic acid groups (broad SMARTS) is 1. The van der Waals surface area contributed by atoms with Gasteiger partial charge in [-0.3, -0.25) is 4.98 Å². The van der Waals surface area contributed by atoms with Gasteiger partial charge in [0.1, 0.15) is 0 Å². The smallest absolute Gasteiger partial charge is 0.407 e. The van der Waals surface area contributed by atoms with Crippen LogP contribution in [0.25, 0.3) is 0 Å². The van der Waals surface area contributed by atoms with Crippen LogP contribution in [-0.4, -0.2) is 40.7 Å². The van der Waals surface area contributed by atoms with E-state index in [1.54, 1.807) is 12.3 Å². The molecule has 0 fully saturated rings. The third kappa shape index (κ3) is 3.37. The van der Waals surface area contributed by atoms with Gasteiger partial charge in [0, 0.05) is 25.5 Å². The van der Waals surface area contributed by atoms with Crippen LogP contribution in [-0.2, 0) is 24.1 Å². The van der Waals surface area contributed by atoms with Gasteiger partial charge in [0.15, 0.2) is 0 Å². The summed E-state index contributed by atoms with van der Waals surface area (Å²) in [6.07, 6.45) is 3.67. The molecule has 0 bridgehead atoms. The van der Waals surface area contributed by atoms with Crippen molar-refractivity contribution in [2.24, 2.45) is 0 Å². The zero-order valence-corrected chi connectivity index (χ0v) is 13.4. The molecule has 3 rings (SSSR count). The minimum absolute atomic E-state index is 0.410. The predicted octanol–water partition coefficient (Wildman–Crippen LogP) is 2.50. The minimum Gasteiger partial charge on any atom is -0.465 e. The lowest BCUT2D eigenvalue weighted by Gasteiger charge is -2.26. The summed E-state index contributed by atoms with van der Waals surface area (Å²) in [6, 6.07) is 7.90. The maximum atomic E-state index is 11.6. The molecule has 6 heteroatoms. The van der Waals surface area contributed by atoms with Gasteiger partial charge in [0.25, 0.3) is 0 Å². The molecule has 124 valence electrons. The number of hydrogen-bond donors (Lipinski definition) is 1. The van der Waals surface area contributed by atoms with Crippen LogP contribution in [0.4, 0.5) is 4.79 Å². The molecular weight excluding hydrogens is 308 g/mol. The summed E-state index contributed by atoms with van der Waals surface area (Å²) in [7, 11) is 1.34. The molecule has 0 saturated heterocycles. The topological polar surface area (TPSA) is 79.7 Å². The van der Waals surface area contributed by atoms with Gasteiger partial charge in [-0.15, -0.1) is 0 Å². The highest BCUT2D eigenvalue weighted by atomic mass is 16.5. The third-order valence-corrected chi connectivity index (χ3v) is 4.18. The molecule has 1 aromatic carbocycles. The molecule has 1 aliphatic rings. The first kappa shape index (κ1) is 16.0. The van der Waals surface area contributed by atoms with Crippen molar-refractivity contribution < 1.29 is 19.4 Å². The summed E-state index contributed by atoms with van der Waals surface area (Å²) in [4.78, 5) is 28.2. The molecule has 24 heavy (non-hydrogen) atoms. The monoisotopic (exact) mass is 326 g/mol. The van der Waals surface area contributed by atoms with Crippen molar-refractivity contribution >= 4 is 12.1 Å². The largest absolute Gasteiger partial charge is 0.465 e. The number of carbonyl (C=O) groups excluding carboxylic acids is 1. The van der Waals surface area contributed by atoms with E-state index in [2.05, 4.69) is 11.1 Å². The Labute approximate surface area is 139 Å². The summed E-state index contributed by atoms with van der Waals surface area (Å²) in [6.45, 7) is 0.950. The van der Waals surface area contributed by atoms with Crippen LogP contribution in [0.3, 0.4) is 0 Å². The van der Waals surface area contributed by atoms with Gasteiger partial charge in [-0.1, -0.05) is 18.2 Å². The van der Waals surface area contributed by atoms with Crippen molar-refractivity contribution in [3.8, 4) is 0 Å². The van der Waals surface area contributed by atoms with Crippen molar-refractivity contribution in [3.05, 3.63) is 64.5 Å². The first-order chi connectivity index (χ1) is 11.6. The van der Waals surface area contributed by atoms with E-state index in [1.165, 1.54) is 23.8 Å². The predicted molar refractivity (Wildman–Crippen MR) is 87.0 cm³/mol. The van der Waals surface area contributed by atoms with Gasteiger partial charge >= 0.3 is 12.1 Å². The average molecular weight is 326 g/mol. The minimum atomic E-state index is -0.888. The Bertz CT molecular complexity index is 788. The number of carbonyl (C=O) groups is 2. The maximum Gasteiger partial charge on any atom is 0.407 e. The maximum absolute atomic E-state index is 11.6. The number of pyridine rings is 1. The molecule has 0 radical (unpaired) electrons. The molecule has 1 N–H and O–H groups in total. The lowest BCUT2D eigenvalue weighted by Crippen LogP contribution is -2.34. The molecule has 1 aromatic heterocycles. The van der Waals surface area contributed by atoms with Crippen molar-refractivity contribution in [2.45, 2.75) is 19.4 Å². The second-order valence-corrected chi connectivity index (χ2v) is 5.81. The van der Waals surface area contributed by atoms with E-state index in [-0.39, 0.29) is 0 Å². The molecule has 1 aliphatic heterocycles. The Morgan fingerprint density at radius 1 is 1.21 bits per heavy atom. The van der Waals surface area contributed by atoms with Crippen LogP contribution >= 0.6 is 0 Å². The SMILES string of the molecule is COC(=O)c1cncc(Cc2ccc3c(c2)CN(C(=O)O)CC3)c1. The lowest BCUT2D eigenvalue weighted by atomic mass is 9.95.